The van der Waals surface area contributed by atoms with Gasteiger partial charge in [0.1, 0.15) is 12.2 Å². The van der Waals surface area contributed by atoms with E-state index in [-0.39, 0.29) is 16.9 Å². The van der Waals surface area contributed by atoms with Crippen LogP contribution in [-0.4, -0.2) is 34.2 Å². The Hall–Kier alpha value is -0.870. The minimum atomic E-state index is -0.842. The summed E-state index contributed by atoms with van der Waals surface area (Å²) in [5, 5.41) is 26.1. The molecule has 0 amide bonds. The van der Waals surface area contributed by atoms with Gasteiger partial charge in [-0.15, -0.1) is 0 Å². The predicted molar refractivity (Wildman–Crippen MR) is 107 cm³/mol. The summed E-state index contributed by atoms with van der Waals surface area (Å²) in [5.41, 5.74) is 1.55. The Labute approximate surface area is 164 Å². The van der Waals surface area contributed by atoms with Crippen LogP contribution < -0.4 is 0 Å². The van der Waals surface area contributed by atoms with Crippen LogP contribution in [0.4, 0.5) is 0 Å². The summed E-state index contributed by atoms with van der Waals surface area (Å²) in [6, 6.07) is 0. The van der Waals surface area contributed by atoms with Crippen LogP contribution in [0.5, 0.6) is 0 Å². The van der Waals surface area contributed by atoms with Gasteiger partial charge in [0.2, 0.25) is 0 Å². The highest BCUT2D eigenvalue weighted by Crippen LogP contribution is 2.67. The number of aliphatic hydroxyl groups excluding tert-OH is 1. The molecule has 0 bridgehead atoms. The highest BCUT2D eigenvalue weighted by Gasteiger charge is 2.64. The quantitative estimate of drug-likeness (QED) is 0.435. The second kappa shape index (κ2) is 6.59. The predicted octanol–water partition coefficient (Wildman–Crippen LogP) is 4.45. The van der Waals surface area contributed by atoms with E-state index >= 15 is 0 Å². The van der Waals surface area contributed by atoms with Crippen molar-refractivity contribution < 1.29 is 15.1 Å². The molecule has 7 unspecified atom stereocenters. The van der Waals surface area contributed by atoms with Gasteiger partial charge in [-0.3, -0.25) is 0 Å². The Morgan fingerprint density at radius 2 is 1.93 bits per heavy atom. The van der Waals surface area contributed by atoms with Crippen LogP contribution in [0.1, 0.15) is 79.1 Å². The molecule has 0 aromatic heterocycles. The fourth-order valence-corrected chi connectivity index (χ4v) is 7.49. The van der Waals surface area contributed by atoms with Crippen molar-refractivity contribution in [3.63, 3.8) is 0 Å². The van der Waals surface area contributed by atoms with Crippen LogP contribution >= 0.6 is 0 Å². The van der Waals surface area contributed by atoms with Crippen LogP contribution in [0.15, 0.2) is 16.8 Å². The minimum Gasteiger partial charge on any atom is -0.396 e. The SMILES string of the molecule is CCO/N=C(\C)C1(O)CCC2C3CC=C4CC(O)CCC4(C)C3CCC21C. The molecule has 0 radical (unpaired) electrons. The van der Waals surface area contributed by atoms with Crippen molar-refractivity contribution in [1.29, 1.82) is 0 Å². The maximum absolute atomic E-state index is 11.7. The topological polar surface area (TPSA) is 62.0 Å². The number of rotatable bonds is 3. The van der Waals surface area contributed by atoms with Crippen molar-refractivity contribution in [1.82, 2.24) is 0 Å². The summed E-state index contributed by atoms with van der Waals surface area (Å²) in [7, 11) is 0. The van der Waals surface area contributed by atoms with Crippen LogP contribution in [0, 0.1) is 28.6 Å². The first-order valence-electron chi connectivity index (χ1n) is 11.0. The molecule has 0 aliphatic heterocycles. The third-order valence-corrected chi connectivity index (χ3v) is 9.16. The number of nitrogens with zero attached hydrogens (tertiary/aromatic N) is 1. The number of oxime groups is 1. The first-order valence-corrected chi connectivity index (χ1v) is 11.0. The second-order valence-electron chi connectivity index (χ2n) is 10.1. The number of hydrogen-bond acceptors (Lipinski definition) is 4. The van der Waals surface area contributed by atoms with E-state index in [4.69, 9.17) is 4.84 Å². The minimum absolute atomic E-state index is 0.116. The van der Waals surface area contributed by atoms with Crippen molar-refractivity contribution in [2.24, 2.45) is 33.7 Å². The Morgan fingerprint density at radius 3 is 2.67 bits per heavy atom. The molecular weight excluding hydrogens is 338 g/mol. The van der Waals surface area contributed by atoms with Crippen LogP contribution in [0.25, 0.3) is 0 Å². The normalized spacial score (nSPS) is 49.7. The van der Waals surface area contributed by atoms with Crippen LogP contribution in [0.3, 0.4) is 0 Å². The fraction of sp³-hybridized carbons (Fsp3) is 0.870. The lowest BCUT2D eigenvalue weighted by Crippen LogP contribution is -2.57. The molecule has 3 fully saturated rings. The number of allylic oxidation sites excluding steroid dienone is 1. The zero-order valence-electron chi connectivity index (χ0n) is 17.5. The van der Waals surface area contributed by atoms with E-state index in [1.54, 1.807) is 0 Å². The van der Waals surface area contributed by atoms with Crippen molar-refractivity contribution >= 4 is 5.71 Å². The van der Waals surface area contributed by atoms with E-state index < -0.39 is 5.60 Å². The van der Waals surface area contributed by atoms with Gasteiger partial charge < -0.3 is 15.1 Å². The van der Waals surface area contributed by atoms with E-state index in [9.17, 15) is 10.2 Å². The Balaban J connectivity index is 1.64. The smallest absolute Gasteiger partial charge is 0.114 e. The molecule has 0 spiro atoms. The molecule has 0 aromatic carbocycles. The molecule has 4 heteroatoms. The standard InChI is InChI=1S/C23H37NO3/c1-5-27-24-15(2)23(26)13-10-20-18-7-6-16-14-17(25)8-11-21(16,3)19(18)9-12-22(20,23)4/h6,17-20,25-26H,5,7-14H2,1-4H3/b24-15+. The molecule has 3 saturated carbocycles. The third-order valence-electron chi connectivity index (χ3n) is 9.16. The Bertz CT molecular complexity index is 658. The summed E-state index contributed by atoms with van der Waals surface area (Å²) < 4.78 is 0. The molecule has 2 N–H and O–H groups in total. The number of fused-ring (bicyclic) bond motifs is 5. The van der Waals surface area contributed by atoms with Gasteiger partial charge in [0, 0.05) is 5.41 Å². The Morgan fingerprint density at radius 1 is 1.19 bits per heavy atom. The van der Waals surface area contributed by atoms with Crippen LogP contribution in [-0.2, 0) is 4.84 Å². The maximum Gasteiger partial charge on any atom is 0.114 e. The maximum atomic E-state index is 11.7. The summed E-state index contributed by atoms with van der Waals surface area (Å²) in [6.45, 7) is 9.16. The van der Waals surface area contributed by atoms with E-state index in [1.807, 2.05) is 13.8 Å². The zero-order valence-corrected chi connectivity index (χ0v) is 17.5. The third kappa shape index (κ3) is 2.66. The van der Waals surface area contributed by atoms with Gasteiger partial charge in [0.25, 0.3) is 0 Å². The molecule has 7 atom stereocenters. The van der Waals surface area contributed by atoms with Gasteiger partial charge in [-0.1, -0.05) is 30.7 Å². The summed E-state index contributed by atoms with van der Waals surface area (Å²) in [4.78, 5) is 5.30. The van der Waals surface area contributed by atoms with Gasteiger partial charge in [-0.2, -0.15) is 0 Å². The van der Waals surface area contributed by atoms with Gasteiger partial charge in [-0.05, 0) is 88.4 Å². The summed E-state index contributed by atoms with van der Waals surface area (Å²) in [5.74, 6) is 1.87. The zero-order chi connectivity index (χ0) is 19.4. The molecule has 0 aromatic rings. The molecule has 4 rings (SSSR count). The summed E-state index contributed by atoms with van der Waals surface area (Å²) >= 11 is 0. The first kappa shape index (κ1) is 19.4. The molecule has 0 heterocycles. The van der Waals surface area contributed by atoms with E-state index in [1.165, 1.54) is 12.0 Å². The summed E-state index contributed by atoms with van der Waals surface area (Å²) in [6.07, 6.45) is 10.4. The molecule has 4 nitrogen and oxygen atoms in total. The van der Waals surface area contributed by atoms with Gasteiger partial charge in [-0.25, -0.2) is 0 Å². The van der Waals surface area contributed by atoms with E-state index in [2.05, 4.69) is 25.1 Å². The molecular formula is C23H37NO3. The monoisotopic (exact) mass is 375 g/mol. The fourth-order valence-electron chi connectivity index (χ4n) is 7.49. The largest absolute Gasteiger partial charge is 0.396 e. The van der Waals surface area contributed by atoms with E-state index in [0.29, 0.717) is 24.4 Å². The molecule has 4 aliphatic carbocycles. The lowest BCUT2D eigenvalue weighted by molar-refractivity contribution is -0.0939. The average molecular weight is 376 g/mol. The van der Waals surface area contributed by atoms with Crippen molar-refractivity contribution in [3.8, 4) is 0 Å². The Kier molecular flexibility index (Phi) is 4.74. The second-order valence-corrected chi connectivity index (χ2v) is 10.1. The van der Waals surface area contributed by atoms with Crippen molar-refractivity contribution in [3.05, 3.63) is 11.6 Å². The van der Waals surface area contributed by atoms with Crippen molar-refractivity contribution in [2.45, 2.75) is 90.8 Å². The van der Waals surface area contributed by atoms with Crippen molar-refractivity contribution in [2.75, 3.05) is 6.61 Å². The van der Waals surface area contributed by atoms with Gasteiger partial charge >= 0.3 is 0 Å². The van der Waals surface area contributed by atoms with Crippen LogP contribution in [0.2, 0.25) is 0 Å². The highest BCUT2D eigenvalue weighted by atomic mass is 16.6. The highest BCUT2D eigenvalue weighted by molar-refractivity contribution is 5.91. The van der Waals surface area contributed by atoms with Gasteiger partial charge in [0.15, 0.2) is 0 Å². The molecule has 152 valence electrons. The number of hydrogen-bond donors (Lipinski definition) is 2. The number of aliphatic hydroxyl groups is 2. The average Bonchev–Trinajstić information content (AvgIpc) is 2.92. The first-order chi connectivity index (χ1) is 12.8. The van der Waals surface area contributed by atoms with E-state index in [0.717, 1.165) is 50.7 Å². The lowest BCUT2D eigenvalue weighted by Gasteiger charge is -2.58. The molecule has 4 aliphatic rings. The van der Waals surface area contributed by atoms with Gasteiger partial charge in [0.05, 0.1) is 11.8 Å². The molecule has 27 heavy (non-hydrogen) atoms. The lowest BCUT2D eigenvalue weighted by atomic mass is 9.46. The molecule has 0 saturated heterocycles.